The molecule has 0 aliphatic rings. The lowest BCUT2D eigenvalue weighted by molar-refractivity contribution is -0.169. The molecule has 0 aliphatic heterocycles. The van der Waals surface area contributed by atoms with Crippen molar-refractivity contribution in [3.63, 3.8) is 0 Å². The van der Waals surface area contributed by atoms with E-state index in [2.05, 4.69) is 32.1 Å². The third-order valence-corrected chi connectivity index (χ3v) is 2.37. The number of esters is 4. The molecule has 0 spiro atoms. The minimum atomic E-state index is -1.16. The molecule has 0 fully saturated rings. The van der Waals surface area contributed by atoms with Gasteiger partial charge in [-0.15, -0.1) is 0 Å². The number of hydrogen-bond donors (Lipinski definition) is 0. The maximum atomic E-state index is 11.3. The molecule has 0 rings (SSSR count). The molecule has 0 aromatic heterocycles. The number of ether oxygens (including phenoxy) is 6. The third kappa shape index (κ3) is 13.7. The highest BCUT2D eigenvalue weighted by atomic mass is 16.6. The van der Waals surface area contributed by atoms with Crippen LogP contribution in [0.2, 0.25) is 0 Å². The van der Waals surface area contributed by atoms with Crippen molar-refractivity contribution < 1.29 is 47.6 Å². The van der Waals surface area contributed by atoms with Gasteiger partial charge in [-0.2, -0.15) is 0 Å². The Morgan fingerprint density at radius 2 is 0.846 bits per heavy atom. The van der Waals surface area contributed by atoms with E-state index in [0.717, 1.165) is 12.2 Å². The van der Waals surface area contributed by atoms with Gasteiger partial charge in [-0.3, -0.25) is 0 Å². The van der Waals surface area contributed by atoms with E-state index in [1.807, 2.05) is 0 Å². The molecule has 0 aliphatic carbocycles. The molecular formula is C16H22O10. The number of carbonyl (C=O) groups is 4. The predicted molar refractivity (Wildman–Crippen MR) is 85.9 cm³/mol. The van der Waals surface area contributed by atoms with Crippen LogP contribution in [0.5, 0.6) is 0 Å². The average molecular weight is 374 g/mol. The smallest absolute Gasteiger partial charge is 0.417 e. The van der Waals surface area contributed by atoms with E-state index in [0.29, 0.717) is 0 Å². The maximum Gasteiger partial charge on any atom is 0.417 e. The minimum absolute atomic E-state index is 0.0250. The fraction of sp³-hybridized carbons (Fsp3) is 0.500. The van der Waals surface area contributed by atoms with Crippen molar-refractivity contribution in [2.75, 3.05) is 52.9 Å². The molecule has 0 unspecified atom stereocenters. The number of rotatable bonds is 14. The van der Waals surface area contributed by atoms with Crippen LogP contribution in [0.1, 0.15) is 0 Å². The van der Waals surface area contributed by atoms with Crippen LogP contribution < -0.4 is 0 Å². The van der Waals surface area contributed by atoms with Crippen LogP contribution in [0.3, 0.4) is 0 Å². The van der Waals surface area contributed by atoms with Crippen molar-refractivity contribution in [2.45, 2.75) is 0 Å². The first-order chi connectivity index (χ1) is 12.5. The molecule has 0 saturated heterocycles. The maximum absolute atomic E-state index is 11.3. The van der Waals surface area contributed by atoms with Crippen LogP contribution in [-0.4, -0.2) is 76.7 Å². The SMILES string of the molecule is C=CC(=O)OCCOCCOC(=O)C(=O)OCCOCCOC(=O)C=C. The van der Waals surface area contributed by atoms with Crippen molar-refractivity contribution in [1.29, 1.82) is 0 Å². The second kappa shape index (κ2) is 15.8. The zero-order valence-corrected chi connectivity index (χ0v) is 14.3. The van der Waals surface area contributed by atoms with Crippen molar-refractivity contribution >= 4 is 23.9 Å². The van der Waals surface area contributed by atoms with Crippen LogP contribution in [-0.2, 0) is 47.6 Å². The normalized spacial score (nSPS) is 9.69. The average Bonchev–Trinajstić information content (AvgIpc) is 2.65. The van der Waals surface area contributed by atoms with Gasteiger partial charge in [0.25, 0.3) is 0 Å². The van der Waals surface area contributed by atoms with Gasteiger partial charge in [-0.25, -0.2) is 19.2 Å². The first kappa shape index (κ1) is 23.3. The Labute approximate surface area is 150 Å². The summed E-state index contributed by atoms with van der Waals surface area (Å²) in [4.78, 5) is 44.0. The summed E-state index contributed by atoms with van der Waals surface area (Å²) in [7, 11) is 0. The zero-order valence-electron chi connectivity index (χ0n) is 14.3. The topological polar surface area (TPSA) is 124 Å². The molecule has 0 aromatic carbocycles. The van der Waals surface area contributed by atoms with Crippen LogP contribution in [0.15, 0.2) is 25.3 Å². The molecule has 10 nitrogen and oxygen atoms in total. The highest BCUT2D eigenvalue weighted by molar-refractivity contribution is 6.29. The van der Waals surface area contributed by atoms with E-state index in [-0.39, 0.29) is 52.9 Å². The summed E-state index contributed by atoms with van der Waals surface area (Å²) in [6, 6.07) is 0. The van der Waals surface area contributed by atoms with E-state index < -0.39 is 23.9 Å². The fourth-order valence-corrected chi connectivity index (χ4v) is 1.23. The molecule has 0 bridgehead atoms. The largest absolute Gasteiger partial charge is 0.460 e. The Bertz CT molecular complexity index is 441. The Hall–Kier alpha value is -2.72. The molecule has 0 amide bonds. The van der Waals surface area contributed by atoms with Gasteiger partial charge in [0.05, 0.1) is 26.4 Å². The second-order valence-electron chi connectivity index (χ2n) is 4.24. The van der Waals surface area contributed by atoms with Gasteiger partial charge in [0.15, 0.2) is 0 Å². The van der Waals surface area contributed by atoms with E-state index in [1.54, 1.807) is 0 Å². The summed E-state index contributed by atoms with van der Waals surface area (Å²) in [5.41, 5.74) is 0. The van der Waals surface area contributed by atoms with Crippen LogP contribution >= 0.6 is 0 Å². The van der Waals surface area contributed by atoms with Gasteiger partial charge in [-0.05, 0) is 0 Å². The van der Waals surface area contributed by atoms with E-state index in [1.165, 1.54) is 0 Å². The van der Waals surface area contributed by atoms with Gasteiger partial charge in [-0.1, -0.05) is 13.2 Å². The molecular weight excluding hydrogens is 352 g/mol. The van der Waals surface area contributed by atoms with Gasteiger partial charge in [0.2, 0.25) is 0 Å². The number of hydrogen-bond acceptors (Lipinski definition) is 10. The van der Waals surface area contributed by atoms with Gasteiger partial charge in [0, 0.05) is 12.2 Å². The Morgan fingerprint density at radius 1 is 0.538 bits per heavy atom. The molecule has 0 saturated carbocycles. The molecule has 0 N–H and O–H groups in total. The van der Waals surface area contributed by atoms with E-state index >= 15 is 0 Å². The lowest BCUT2D eigenvalue weighted by Crippen LogP contribution is -2.24. The number of carbonyl (C=O) groups excluding carboxylic acids is 4. The van der Waals surface area contributed by atoms with Crippen molar-refractivity contribution in [3.8, 4) is 0 Å². The Morgan fingerprint density at radius 3 is 1.15 bits per heavy atom. The lowest BCUT2D eigenvalue weighted by atomic mass is 10.6. The summed E-state index contributed by atoms with van der Waals surface area (Å²) in [5, 5.41) is 0. The predicted octanol–water partition coefficient (Wildman–Crippen LogP) is -0.436. The standard InChI is InChI=1S/C16H22O10/c1-3-13(17)23-9-5-21-7-11-25-15(19)16(20)26-12-8-22-6-10-24-14(18)4-2/h3-4H,1-2,5-12H2. The quantitative estimate of drug-likeness (QED) is 0.130. The van der Waals surface area contributed by atoms with Crippen LogP contribution in [0, 0.1) is 0 Å². The first-order valence-corrected chi connectivity index (χ1v) is 7.59. The van der Waals surface area contributed by atoms with Gasteiger partial charge < -0.3 is 28.4 Å². The van der Waals surface area contributed by atoms with Gasteiger partial charge >= 0.3 is 23.9 Å². The van der Waals surface area contributed by atoms with Gasteiger partial charge in [0.1, 0.15) is 26.4 Å². The molecule has 0 radical (unpaired) electrons. The summed E-state index contributed by atoms with van der Waals surface area (Å²) in [5.74, 6) is -3.45. The van der Waals surface area contributed by atoms with Crippen molar-refractivity contribution in [3.05, 3.63) is 25.3 Å². The summed E-state index contributed by atoms with van der Waals surface area (Å²) < 4.78 is 28.6. The summed E-state index contributed by atoms with van der Waals surface area (Å²) in [6.45, 7) is 6.49. The molecule has 26 heavy (non-hydrogen) atoms. The third-order valence-electron chi connectivity index (χ3n) is 2.37. The lowest BCUT2D eigenvalue weighted by Gasteiger charge is -2.07. The molecule has 0 atom stereocenters. The molecule has 0 aromatic rings. The highest BCUT2D eigenvalue weighted by Gasteiger charge is 2.16. The highest BCUT2D eigenvalue weighted by Crippen LogP contribution is 1.88. The van der Waals surface area contributed by atoms with Crippen LogP contribution in [0.25, 0.3) is 0 Å². The van der Waals surface area contributed by atoms with Crippen LogP contribution in [0.4, 0.5) is 0 Å². The zero-order chi connectivity index (χ0) is 19.6. The fourth-order valence-electron chi connectivity index (χ4n) is 1.23. The molecule has 10 heteroatoms. The monoisotopic (exact) mass is 374 g/mol. The second-order valence-corrected chi connectivity index (χ2v) is 4.24. The van der Waals surface area contributed by atoms with E-state index in [9.17, 15) is 19.2 Å². The Balaban J connectivity index is 3.50. The molecule has 0 heterocycles. The minimum Gasteiger partial charge on any atom is -0.460 e. The van der Waals surface area contributed by atoms with E-state index in [4.69, 9.17) is 9.47 Å². The van der Waals surface area contributed by atoms with Crippen molar-refractivity contribution in [2.24, 2.45) is 0 Å². The van der Waals surface area contributed by atoms with Crippen molar-refractivity contribution in [1.82, 2.24) is 0 Å². The first-order valence-electron chi connectivity index (χ1n) is 7.59. The Kier molecular flexibility index (Phi) is 14.1. The summed E-state index contributed by atoms with van der Waals surface area (Å²) >= 11 is 0. The molecule has 146 valence electrons. The summed E-state index contributed by atoms with van der Waals surface area (Å²) in [6.07, 6.45) is 2.05.